The molecule has 0 atom stereocenters. The molecule has 80 valence electrons. The number of aromatic nitrogens is 2. The van der Waals surface area contributed by atoms with E-state index in [1.54, 1.807) is 18.4 Å². The van der Waals surface area contributed by atoms with Crippen LogP contribution in [0.15, 0.2) is 24.4 Å². The summed E-state index contributed by atoms with van der Waals surface area (Å²) in [5, 5.41) is 8.49. The van der Waals surface area contributed by atoms with Crippen LogP contribution in [0.25, 0.3) is 5.57 Å². The molecule has 3 nitrogen and oxygen atoms in total. The summed E-state index contributed by atoms with van der Waals surface area (Å²) in [6.07, 6.45) is 0.800. The first-order valence-corrected chi connectivity index (χ1v) is 4.29. The molecule has 1 aromatic rings. The van der Waals surface area contributed by atoms with Gasteiger partial charge in [0.1, 0.15) is 0 Å². The highest BCUT2D eigenvalue weighted by molar-refractivity contribution is 5.67. The highest BCUT2D eigenvalue weighted by atomic mass is 19.4. The minimum Gasteiger partial charge on any atom is -0.387 e. The first-order chi connectivity index (χ1) is 7.07. The normalized spacial score (nSPS) is 16.1. The van der Waals surface area contributed by atoms with Crippen LogP contribution < -0.4 is 5.32 Å². The second-order valence-electron chi connectivity index (χ2n) is 3.10. The van der Waals surface area contributed by atoms with Gasteiger partial charge in [0, 0.05) is 6.54 Å². The molecule has 0 unspecified atom stereocenters. The van der Waals surface area contributed by atoms with Crippen LogP contribution in [0.2, 0.25) is 0 Å². The van der Waals surface area contributed by atoms with Crippen molar-refractivity contribution < 1.29 is 13.2 Å². The second-order valence-corrected chi connectivity index (χ2v) is 3.10. The van der Waals surface area contributed by atoms with Gasteiger partial charge in [0.15, 0.2) is 5.69 Å². The highest BCUT2D eigenvalue weighted by Crippen LogP contribution is 2.29. The van der Waals surface area contributed by atoms with E-state index >= 15 is 0 Å². The maximum atomic E-state index is 12.2. The lowest BCUT2D eigenvalue weighted by Crippen LogP contribution is -2.11. The molecule has 0 radical (unpaired) electrons. The van der Waals surface area contributed by atoms with Crippen LogP contribution in [-0.2, 0) is 6.18 Å². The molecule has 1 aliphatic rings. The van der Waals surface area contributed by atoms with E-state index in [9.17, 15) is 13.2 Å². The van der Waals surface area contributed by atoms with Crippen molar-refractivity contribution in [1.29, 1.82) is 0 Å². The third-order valence-electron chi connectivity index (χ3n) is 2.02. The van der Waals surface area contributed by atoms with E-state index in [2.05, 4.69) is 15.5 Å². The summed E-state index contributed by atoms with van der Waals surface area (Å²) in [5.74, 6) is 0. The Bertz CT molecular complexity index is 414. The number of dihydropyridines is 1. The van der Waals surface area contributed by atoms with Crippen molar-refractivity contribution in [3.8, 4) is 0 Å². The Morgan fingerprint density at radius 2 is 2.13 bits per heavy atom. The predicted octanol–water partition coefficient (Wildman–Crippen LogP) is 1.93. The lowest BCUT2D eigenvalue weighted by atomic mass is 10.1. The average molecular weight is 215 g/mol. The number of nitrogens with one attached hydrogen (secondary N) is 2. The van der Waals surface area contributed by atoms with Crippen molar-refractivity contribution in [2.24, 2.45) is 0 Å². The van der Waals surface area contributed by atoms with E-state index in [1.165, 1.54) is 0 Å². The summed E-state index contributed by atoms with van der Waals surface area (Å²) >= 11 is 0. The topological polar surface area (TPSA) is 40.7 Å². The van der Waals surface area contributed by atoms with Gasteiger partial charge in [-0.2, -0.15) is 18.3 Å². The molecule has 2 N–H and O–H groups in total. The molecular formula is C9H8F3N3. The molecule has 0 saturated heterocycles. The zero-order valence-corrected chi connectivity index (χ0v) is 7.60. The van der Waals surface area contributed by atoms with E-state index < -0.39 is 11.9 Å². The standard InChI is InChI=1S/C9H8F3N3/c10-9(11,12)8-4-7(14-15-8)6-2-1-3-13-5-6/h1-4,13H,5H2,(H,14,15). The zero-order valence-electron chi connectivity index (χ0n) is 7.60. The Balaban J connectivity index is 2.27. The van der Waals surface area contributed by atoms with Gasteiger partial charge in [0.25, 0.3) is 0 Å². The van der Waals surface area contributed by atoms with Gasteiger partial charge < -0.3 is 5.32 Å². The van der Waals surface area contributed by atoms with Crippen molar-refractivity contribution in [1.82, 2.24) is 15.5 Å². The summed E-state index contributed by atoms with van der Waals surface area (Å²) in [6.45, 7) is 0.496. The summed E-state index contributed by atoms with van der Waals surface area (Å²) < 4.78 is 36.7. The van der Waals surface area contributed by atoms with Gasteiger partial charge in [-0.3, -0.25) is 5.10 Å². The number of hydrogen-bond acceptors (Lipinski definition) is 2. The lowest BCUT2D eigenvalue weighted by molar-refractivity contribution is -0.141. The third kappa shape index (κ3) is 2.03. The summed E-state index contributed by atoms with van der Waals surface area (Å²) in [6, 6.07) is 1.01. The van der Waals surface area contributed by atoms with Crippen LogP contribution in [0.5, 0.6) is 0 Å². The Hall–Kier alpha value is -1.72. The van der Waals surface area contributed by atoms with Gasteiger partial charge in [-0.1, -0.05) is 6.08 Å². The van der Waals surface area contributed by atoms with Crippen LogP contribution in [-0.4, -0.2) is 16.7 Å². The van der Waals surface area contributed by atoms with Gasteiger partial charge in [-0.25, -0.2) is 0 Å². The summed E-state index contributed by atoms with van der Waals surface area (Å²) in [5.41, 5.74) is 0.243. The number of aromatic amines is 1. The van der Waals surface area contributed by atoms with E-state index in [0.717, 1.165) is 11.6 Å². The Kier molecular flexibility index (Phi) is 2.26. The van der Waals surface area contributed by atoms with Crippen molar-refractivity contribution in [3.05, 3.63) is 35.8 Å². The second kappa shape index (κ2) is 3.45. The van der Waals surface area contributed by atoms with Crippen molar-refractivity contribution >= 4 is 5.57 Å². The van der Waals surface area contributed by atoms with E-state index in [-0.39, 0.29) is 0 Å². The summed E-state index contributed by atoms with van der Waals surface area (Å²) in [4.78, 5) is 0. The number of alkyl halides is 3. The minimum absolute atomic E-state index is 0.388. The number of hydrogen-bond donors (Lipinski definition) is 2. The number of rotatable bonds is 1. The van der Waals surface area contributed by atoms with Gasteiger partial charge in [0.2, 0.25) is 0 Å². The Labute approximate surface area is 83.7 Å². The number of nitrogens with zero attached hydrogens (tertiary/aromatic N) is 1. The van der Waals surface area contributed by atoms with E-state index in [0.29, 0.717) is 12.2 Å². The van der Waals surface area contributed by atoms with Crippen LogP contribution in [0, 0.1) is 0 Å². The number of allylic oxidation sites excluding steroid dienone is 2. The Morgan fingerprint density at radius 1 is 1.33 bits per heavy atom. The first-order valence-electron chi connectivity index (χ1n) is 4.29. The average Bonchev–Trinajstić information content (AvgIpc) is 2.67. The molecule has 0 aromatic carbocycles. The quantitative estimate of drug-likeness (QED) is 0.751. The molecule has 2 rings (SSSR count). The fraction of sp³-hybridized carbons (Fsp3) is 0.222. The van der Waals surface area contributed by atoms with Crippen molar-refractivity contribution in [2.75, 3.05) is 6.54 Å². The molecule has 0 bridgehead atoms. The van der Waals surface area contributed by atoms with E-state index in [1.807, 2.05) is 0 Å². The number of H-pyrrole nitrogens is 1. The molecule has 0 amide bonds. The van der Waals surface area contributed by atoms with Gasteiger partial charge in [-0.15, -0.1) is 0 Å². The molecule has 0 aliphatic carbocycles. The minimum atomic E-state index is -4.40. The van der Waals surface area contributed by atoms with Gasteiger partial charge >= 0.3 is 6.18 Å². The van der Waals surface area contributed by atoms with Crippen molar-refractivity contribution in [2.45, 2.75) is 6.18 Å². The maximum absolute atomic E-state index is 12.2. The van der Waals surface area contributed by atoms with Crippen LogP contribution in [0.1, 0.15) is 11.4 Å². The third-order valence-corrected chi connectivity index (χ3v) is 2.02. The zero-order chi connectivity index (χ0) is 10.9. The monoisotopic (exact) mass is 215 g/mol. The van der Waals surface area contributed by atoms with E-state index in [4.69, 9.17) is 0 Å². The molecule has 15 heavy (non-hydrogen) atoms. The molecule has 0 saturated carbocycles. The SMILES string of the molecule is FC(F)(F)c1cc(C2=CC=CNC2)[nH]n1. The molecule has 6 heteroatoms. The van der Waals surface area contributed by atoms with Crippen molar-refractivity contribution in [3.63, 3.8) is 0 Å². The predicted molar refractivity (Wildman–Crippen MR) is 48.7 cm³/mol. The largest absolute Gasteiger partial charge is 0.435 e. The molecule has 1 aromatic heterocycles. The van der Waals surface area contributed by atoms with Crippen LogP contribution in [0.3, 0.4) is 0 Å². The van der Waals surface area contributed by atoms with Gasteiger partial charge in [-0.05, 0) is 23.9 Å². The Morgan fingerprint density at radius 3 is 2.67 bits per heavy atom. The maximum Gasteiger partial charge on any atom is 0.435 e. The lowest BCUT2D eigenvalue weighted by Gasteiger charge is -2.07. The first kappa shape index (κ1) is 9.82. The summed E-state index contributed by atoms with van der Waals surface area (Å²) in [7, 11) is 0. The fourth-order valence-electron chi connectivity index (χ4n) is 1.28. The molecule has 0 fully saturated rings. The van der Waals surface area contributed by atoms with Crippen LogP contribution in [0.4, 0.5) is 13.2 Å². The van der Waals surface area contributed by atoms with Crippen LogP contribution >= 0.6 is 0 Å². The number of halogens is 3. The highest BCUT2D eigenvalue weighted by Gasteiger charge is 2.34. The molecule has 2 heterocycles. The smallest absolute Gasteiger partial charge is 0.387 e. The molecule has 0 spiro atoms. The molecular weight excluding hydrogens is 207 g/mol. The molecule has 1 aliphatic heterocycles. The van der Waals surface area contributed by atoms with Gasteiger partial charge in [0.05, 0.1) is 5.69 Å². The fourth-order valence-corrected chi connectivity index (χ4v) is 1.28.